The second-order valence-electron chi connectivity index (χ2n) is 4.46. The molecule has 108 valence electrons. The fraction of sp³-hybridized carbons (Fsp3) is 0.0769. The van der Waals surface area contributed by atoms with E-state index in [9.17, 15) is 8.42 Å². The molecule has 0 atom stereocenters. The summed E-state index contributed by atoms with van der Waals surface area (Å²) in [5, 5.41) is 1.93. The van der Waals surface area contributed by atoms with E-state index < -0.39 is 10.0 Å². The van der Waals surface area contributed by atoms with Crippen LogP contribution in [0.5, 0.6) is 0 Å². The minimum Gasteiger partial charge on any atom is -0.300 e. The molecule has 0 spiro atoms. The van der Waals surface area contributed by atoms with Gasteiger partial charge in [0, 0.05) is 34.7 Å². The first kappa shape index (κ1) is 13.8. The number of aromatic nitrogens is 3. The van der Waals surface area contributed by atoms with E-state index in [1.807, 2.05) is 28.3 Å². The van der Waals surface area contributed by atoms with E-state index in [-0.39, 0.29) is 0 Å². The molecule has 0 fully saturated rings. The summed E-state index contributed by atoms with van der Waals surface area (Å²) in [6.45, 7) is 0. The van der Waals surface area contributed by atoms with Crippen LogP contribution in [0.15, 0.2) is 48.2 Å². The molecule has 6 nitrogen and oxygen atoms in total. The Balaban J connectivity index is 1.94. The van der Waals surface area contributed by atoms with E-state index in [0.29, 0.717) is 5.69 Å². The predicted octanol–water partition coefficient (Wildman–Crippen LogP) is 2.37. The fourth-order valence-electron chi connectivity index (χ4n) is 1.94. The summed E-state index contributed by atoms with van der Waals surface area (Å²) >= 11 is 1.37. The third-order valence-electron chi connectivity index (χ3n) is 2.78. The maximum absolute atomic E-state index is 11.2. The Morgan fingerprint density at radius 2 is 2.00 bits per heavy atom. The second-order valence-corrected chi connectivity index (χ2v) is 6.86. The van der Waals surface area contributed by atoms with Crippen LogP contribution in [0.3, 0.4) is 0 Å². The lowest BCUT2D eigenvalue weighted by molar-refractivity contribution is 0.607. The quantitative estimate of drug-likeness (QED) is 0.800. The number of nitrogens with one attached hydrogen (secondary N) is 1. The summed E-state index contributed by atoms with van der Waals surface area (Å²) < 4.78 is 30.8. The van der Waals surface area contributed by atoms with Gasteiger partial charge in [-0.3, -0.25) is 9.29 Å². The summed E-state index contributed by atoms with van der Waals surface area (Å²) in [6, 6.07) is 7.09. The summed E-state index contributed by atoms with van der Waals surface area (Å²) in [5.41, 5.74) is 2.37. The highest BCUT2D eigenvalue weighted by Crippen LogP contribution is 2.23. The van der Waals surface area contributed by atoms with Crippen LogP contribution in [0.2, 0.25) is 0 Å². The SMILES string of the molecule is CS(=O)(=O)Nc1ccc(-n2ccnc2-c2cnsc2)cc1. The van der Waals surface area contributed by atoms with Crippen LogP contribution in [0.1, 0.15) is 0 Å². The Bertz CT molecular complexity index is 837. The van der Waals surface area contributed by atoms with Crippen LogP contribution >= 0.6 is 11.5 Å². The average Bonchev–Trinajstić information content (AvgIpc) is 3.08. The van der Waals surface area contributed by atoms with Crippen LogP contribution in [-0.2, 0) is 10.0 Å². The van der Waals surface area contributed by atoms with Crippen LogP contribution in [-0.4, -0.2) is 28.6 Å². The molecule has 8 heteroatoms. The summed E-state index contributed by atoms with van der Waals surface area (Å²) in [6.07, 6.45) is 6.46. The van der Waals surface area contributed by atoms with Gasteiger partial charge in [0.25, 0.3) is 0 Å². The van der Waals surface area contributed by atoms with Crippen LogP contribution in [0, 0.1) is 0 Å². The molecule has 0 aliphatic heterocycles. The Labute approximate surface area is 126 Å². The number of rotatable bonds is 4. The lowest BCUT2D eigenvalue weighted by atomic mass is 10.2. The zero-order chi connectivity index (χ0) is 14.9. The molecule has 21 heavy (non-hydrogen) atoms. The molecule has 0 bridgehead atoms. The maximum Gasteiger partial charge on any atom is 0.229 e. The zero-order valence-corrected chi connectivity index (χ0v) is 12.7. The lowest BCUT2D eigenvalue weighted by Gasteiger charge is -2.08. The monoisotopic (exact) mass is 320 g/mol. The third kappa shape index (κ3) is 3.11. The minimum atomic E-state index is -3.26. The van der Waals surface area contributed by atoms with Gasteiger partial charge in [-0.1, -0.05) is 0 Å². The van der Waals surface area contributed by atoms with Gasteiger partial charge >= 0.3 is 0 Å². The first-order valence-electron chi connectivity index (χ1n) is 6.04. The van der Waals surface area contributed by atoms with Crippen LogP contribution in [0.25, 0.3) is 17.1 Å². The number of hydrogen-bond acceptors (Lipinski definition) is 5. The number of anilines is 1. The topological polar surface area (TPSA) is 76.9 Å². The van der Waals surface area contributed by atoms with Crippen LogP contribution in [0.4, 0.5) is 5.69 Å². The molecule has 3 aromatic rings. The van der Waals surface area contributed by atoms with Crippen LogP contribution < -0.4 is 4.72 Å². The number of sulfonamides is 1. The molecule has 0 radical (unpaired) electrons. The molecular formula is C13H12N4O2S2. The van der Waals surface area contributed by atoms with Gasteiger partial charge in [0.15, 0.2) is 0 Å². The van der Waals surface area contributed by atoms with Gasteiger partial charge in [0.1, 0.15) is 5.82 Å². The molecule has 2 heterocycles. The molecule has 2 aromatic heterocycles. The van der Waals surface area contributed by atoms with Gasteiger partial charge in [-0.25, -0.2) is 17.8 Å². The summed E-state index contributed by atoms with van der Waals surface area (Å²) in [5.74, 6) is 0.799. The van der Waals surface area contributed by atoms with Gasteiger partial charge in [0.05, 0.1) is 12.5 Å². The van der Waals surface area contributed by atoms with Crippen molar-refractivity contribution in [3.05, 3.63) is 48.2 Å². The average molecular weight is 320 g/mol. The van der Waals surface area contributed by atoms with E-state index in [1.54, 1.807) is 24.5 Å². The minimum absolute atomic E-state index is 0.528. The summed E-state index contributed by atoms with van der Waals surface area (Å²) in [4.78, 5) is 4.34. The molecule has 0 aliphatic rings. The van der Waals surface area contributed by atoms with E-state index in [0.717, 1.165) is 23.3 Å². The molecule has 0 unspecified atom stereocenters. The van der Waals surface area contributed by atoms with Gasteiger partial charge in [-0.05, 0) is 35.8 Å². The number of hydrogen-bond donors (Lipinski definition) is 1. The fourth-order valence-corrected chi connectivity index (χ4v) is 3.02. The Morgan fingerprint density at radius 3 is 2.62 bits per heavy atom. The molecule has 0 aliphatic carbocycles. The molecule has 1 aromatic carbocycles. The highest BCUT2D eigenvalue weighted by atomic mass is 32.2. The van der Waals surface area contributed by atoms with Crippen molar-refractivity contribution >= 4 is 27.2 Å². The molecule has 0 saturated heterocycles. The first-order chi connectivity index (χ1) is 10.0. The third-order valence-corrected chi connectivity index (χ3v) is 3.97. The highest BCUT2D eigenvalue weighted by molar-refractivity contribution is 7.92. The molecule has 0 saturated carbocycles. The molecule has 0 amide bonds. The predicted molar refractivity (Wildman–Crippen MR) is 83.1 cm³/mol. The van der Waals surface area contributed by atoms with E-state index in [1.165, 1.54) is 11.5 Å². The number of benzene rings is 1. The van der Waals surface area contributed by atoms with Gasteiger partial charge in [-0.2, -0.15) is 0 Å². The van der Waals surface area contributed by atoms with Crippen molar-refractivity contribution in [1.29, 1.82) is 0 Å². The van der Waals surface area contributed by atoms with E-state index in [4.69, 9.17) is 0 Å². The first-order valence-corrected chi connectivity index (χ1v) is 8.77. The number of nitrogens with zero attached hydrogens (tertiary/aromatic N) is 3. The molecule has 1 N–H and O–H groups in total. The Kier molecular flexibility index (Phi) is 3.48. The van der Waals surface area contributed by atoms with Gasteiger partial charge in [0.2, 0.25) is 10.0 Å². The van der Waals surface area contributed by atoms with Crippen molar-refractivity contribution in [3.8, 4) is 17.1 Å². The molecule has 3 rings (SSSR count). The normalized spacial score (nSPS) is 11.5. The second kappa shape index (κ2) is 5.30. The van der Waals surface area contributed by atoms with Crippen molar-refractivity contribution in [2.75, 3.05) is 11.0 Å². The Morgan fingerprint density at radius 1 is 1.24 bits per heavy atom. The zero-order valence-electron chi connectivity index (χ0n) is 11.1. The van der Waals surface area contributed by atoms with Gasteiger partial charge < -0.3 is 0 Å². The number of imidazole rings is 1. The van der Waals surface area contributed by atoms with Crippen molar-refractivity contribution < 1.29 is 8.42 Å². The highest BCUT2D eigenvalue weighted by Gasteiger charge is 2.09. The Hall–Kier alpha value is -2.19. The standard InChI is InChI=1S/C13H12N4O2S2/c1-21(18,19)16-11-2-4-12(5-3-11)17-7-6-14-13(17)10-8-15-20-9-10/h2-9,16H,1H3. The van der Waals surface area contributed by atoms with E-state index >= 15 is 0 Å². The van der Waals surface area contributed by atoms with Crippen molar-refractivity contribution in [2.24, 2.45) is 0 Å². The molecular weight excluding hydrogens is 308 g/mol. The van der Waals surface area contributed by atoms with Gasteiger partial charge in [-0.15, -0.1) is 0 Å². The maximum atomic E-state index is 11.2. The summed E-state index contributed by atoms with van der Waals surface area (Å²) in [7, 11) is -3.26. The van der Waals surface area contributed by atoms with Crippen molar-refractivity contribution in [2.45, 2.75) is 0 Å². The largest absolute Gasteiger partial charge is 0.300 e. The van der Waals surface area contributed by atoms with Crippen molar-refractivity contribution in [1.82, 2.24) is 13.9 Å². The lowest BCUT2D eigenvalue weighted by Crippen LogP contribution is -2.09. The van der Waals surface area contributed by atoms with Crippen molar-refractivity contribution in [3.63, 3.8) is 0 Å². The van der Waals surface area contributed by atoms with E-state index in [2.05, 4.69) is 14.1 Å². The smallest absolute Gasteiger partial charge is 0.229 e.